The Kier molecular flexibility index (Phi) is 4.48. The number of carbonyl (C=O) groups excluding carboxylic acids is 1. The van der Waals surface area contributed by atoms with Gasteiger partial charge in [0.1, 0.15) is 5.75 Å². The summed E-state index contributed by atoms with van der Waals surface area (Å²) in [4.78, 5) is 12.7. The summed E-state index contributed by atoms with van der Waals surface area (Å²) in [5, 5.41) is 0. The smallest absolute Gasteiger partial charge is 0.194 e. The van der Waals surface area contributed by atoms with E-state index in [1.165, 1.54) is 0 Å². The Balaban J connectivity index is 2.54. The zero-order valence-electron chi connectivity index (χ0n) is 12.1. The van der Waals surface area contributed by atoms with Crippen LogP contribution in [0.3, 0.4) is 0 Å². The minimum Gasteiger partial charge on any atom is -0.496 e. The molecule has 0 aliphatic heterocycles. The van der Waals surface area contributed by atoms with Gasteiger partial charge in [-0.1, -0.05) is 12.1 Å². The standard InChI is InChI=1S/C17H17IO2/c1-10-6-5-7-13(16(10)18)17(19)14-8-12(3)15(20-4)9-11(14)2/h5-9H,1-4H3. The topological polar surface area (TPSA) is 26.3 Å². The van der Waals surface area contributed by atoms with Crippen molar-refractivity contribution >= 4 is 28.4 Å². The minimum atomic E-state index is 0.0707. The van der Waals surface area contributed by atoms with Crippen molar-refractivity contribution in [1.29, 1.82) is 0 Å². The summed E-state index contributed by atoms with van der Waals surface area (Å²) in [6.45, 7) is 5.92. The summed E-state index contributed by atoms with van der Waals surface area (Å²) >= 11 is 2.24. The first kappa shape index (κ1) is 15.0. The van der Waals surface area contributed by atoms with Gasteiger partial charge in [-0.2, -0.15) is 0 Å². The number of halogens is 1. The Morgan fingerprint density at radius 1 is 1.00 bits per heavy atom. The second-order valence-electron chi connectivity index (χ2n) is 4.90. The third-order valence-corrected chi connectivity index (χ3v) is 4.85. The first-order chi connectivity index (χ1) is 9.45. The summed E-state index contributed by atoms with van der Waals surface area (Å²) in [5.74, 6) is 0.888. The maximum Gasteiger partial charge on any atom is 0.194 e. The third-order valence-electron chi connectivity index (χ3n) is 3.42. The lowest BCUT2D eigenvalue weighted by atomic mass is 9.96. The number of benzene rings is 2. The van der Waals surface area contributed by atoms with Gasteiger partial charge in [-0.15, -0.1) is 0 Å². The monoisotopic (exact) mass is 380 g/mol. The molecule has 0 fully saturated rings. The van der Waals surface area contributed by atoms with Crippen LogP contribution in [0.25, 0.3) is 0 Å². The van der Waals surface area contributed by atoms with Gasteiger partial charge in [-0.25, -0.2) is 0 Å². The van der Waals surface area contributed by atoms with Crippen molar-refractivity contribution in [3.8, 4) is 5.75 Å². The Morgan fingerprint density at radius 3 is 2.35 bits per heavy atom. The van der Waals surface area contributed by atoms with Crippen LogP contribution in [-0.2, 0) is 0 Å². The molecule has 0 atom stereocenters. The number of ether oxygens (including phenoxy) is 1. The number of aryl methyl sites for hydroxylation is 3. The average molecular weight is 380 g/mol. The highest BCUT2D eigenvalue weighted by Crippen LogP contribution is 2.26. The number of hydrogen-bond acceptors (Lipinski definition) is 2. The predicted molar refractivity (Wildman–Crippen MR) is 89.8 cm³/mol. The Hall–Kier alpha value is -1.36. The quantitative estimate of drug-likeness (QED) is 0.581. The van der Waals surface area contributed by atoms with Crippen molar-refractivity contribution in [3.63, 3.8) is 0 Å². The molecule has 20 heavy (non-hydrogen) atoms. The van der Waals surface area contributed by atoms with Crippen molar-refractivity contribution < 1.29 is 9.53 Å². The molecular formula is C17H17IO2. The van der Waals surface area contributed by atoms with Gasteiger partial charge in [0.2, 0.25) is 0 Å². The summed E-state index contributed by atoms with van der Waals surface area (Å²) in [6.07, 6.45) is 0. The number of carbonyl (C=O) groups is 1. The average Bonchev–Trinajstić information content (AvgIpc) is 2.43. The molecule has 0 N–H and O–H groups in total. The second kappa shape index (κ2) is 5.95. The normalized spacial score (nSPS) is 10.4. The highest BCUT2D eigenvalue weighted by molar-refractivity contribution is 14.1. The largest absolute Gasteiger partial charge is 0.496 e. The second-order valence-corrected chi connectivity index (χ2v) is 5.98. The summed E-state index contributed by atoms with van der Waals surface area (Å²) in [5.41, 5.74) is 4.54. The van der Waals surface area contributed by atoms with Crippen LogP contribution in [0.15, 0.2) is 30.3 Å². The van der Waals surface area contributed by atoms with Crippen LogP contribution in [0.5, 0.6) is 5.75 Å². The Morgan fingerprint density at radius 2 is 1.70 bits per heavy atom. The maximum atomic E-state index is 12.7. The minimum absolute atomic E-state index is 0.0707. The van der Waals surface area contributed by atoms with E-state index in [2.05, 4.69) is 22.6 Å². The van der Waals surface area contributed by atoms with Gasteiger partial charge in [-0.05, 0) is 78.3 Å². The van der Waals surface area contributed by atoms with E-state index in [1.54, 1.807) is 7.11 Å². The van der Waals surface area contributed by atoms with Crippen LogP contribution < -0.4 is 4.74 Å². The van der Waals surface area contributed by atoms with Crippen molar-refractivity contribution in [2.45, 2.75) is 20.8 Å². The maximum absolute atomic E-state index is 12.7. The molecule has 0 spiro atoms. The van der Waals surface area contributed by atoms with E-state index in [9.17, 15) is 4.79 Å². The van der Waals surface area contributed by atoms with Crippen LogP contribution in [0.4, 0.5) is 0 Å². The van der Waals surface area contributed by atoms with E-state index in [4.69, 9.17) is 4.74 Å². The lowest BCUT2D eigenvalue weighted by molar-refractivity contribution is 0.103. The van der Waals surface area contributed by atoms with Crippen LogP contribution >= 0.6 is 22.6 Å². The number of ketones is 1. The van der Waals surface area contributed by atoms with Gasteiger partial charge in [0, 0.05) is 14.7 Å². The van der Waals surface area contributed by atoms with E-state index in [0.717, 1.165) is 37.1 Å². The van der Waals surface area contributed by atoms with Gasteiger partial charge >= 0.3 is 0 Å². The fraction of sp³-hybridized carbons (Fsp3) is 0.235. The van der Waals surface area contributed by atoms with Gasteiger partial charge in [-0.3, -0.25) is 4.79 Å². The Labute approximate surface area is 133 Å². The molecule has 104 valence electrons. The van der Waals surface area contributed by atoms with E-state index >= 15 is 0 Å². The van der Waals surface area contributed by atoms with Crippen molar-refractivity contribution in [3.05, 3.63) is 61.7 Å². The van der Waals surface area contributed by atoms with Crippen LogP contribution in [0.1, 0.15) is 32.6 Å². The molecule has 2 nitrogen and oxygen atoms in total. The van der Waals surface area contributed by atoms with Gasteiger partial charge < -0.3 is 4.74 Å². The molecule has 3 heteroatoms. The molecule has 0 saturated carbocycles. The Bertz CT molecular complexity index is 675. The fourth-order valence-electron chi connectivity index (χ4n) is 2.22. The molecule has 0 aliphatic rings. The highest BCUT2D eigenvalue weighted by atomic mass is 127. The van der Waals surface area contributed by atoms with Crippen LogP contribution in [0.2, 0.25) is 0 Å². The molecular weight excluding hydrogens is 363 g/mol. The molecule has 0 unspecified atom stereocenters. The first-order valence-electron chi connectivity index (χ1n) is 6.40. The van der Waals surface area contributed by atoms with Crippen LogP contribution in [0, 0.1) is 24.3 Å². The van der Waals surface area contributed by atoms with E-state index in [0.29, 0.717) is 0 Å². The summed E-state index contributed by atoms with van der Waals surface area (Å²) in [7, 11) is 1.65. The molecule has 2 aromatic carbocycles. The molecule has 0 aliphatic carbocycles. The number of methoxy groups -OCH3 is 1. The summed E-state index contributed by atoms with van der Waals surface area (Å²) < 4.78 is 6.31. The molecule has 2 aromatic rings. The van der Waals surface area contributed by atoms with Gasteiger partial charge in [0.05, 0.1) is 7.11 Å². The molecule has 0 amide bonds. The van der Waals surface area contributed by atoms with E-state index in [-0.39, 0.29) is 5.78 Å². The predicted octanol–water partition coefficient (Wildman–Crippen LogP) is 4.46. The molecule has 2 rings (SSSR count). The van der Waals surface area contributed by atoms with Crippen molar-refractivity contribution in [2.75, 3.05) is 7.11 Å². The third kappa shape index (κ3) is 2.73. The number of hydrogen-bond donors (Lipinski definition) is 0. The molecule has 0 radical (unpaired) electrons. The zero-order chi connectivity index (χ0) is 14.9. The van der Waals surface area contributed by atoms with Crippen LogP contribution in [-0.4, -0.2) is 12.9 Å². The first-order valence-corrected chi connectivity index (χ1v) is 7.48. The molecule has 0 saturated heterocycles. The molecule has 0 aromatic heterocycles. The van der Waals surface area contributed by atoms with E-state index in [1.807, 2.05) is 51.1 Å². The zero-order valence-corrected chi connectivity index (χ0v) is 14.2. The van der Waals surface area contributed by atoms with Crippen molar-refractivity contribution in [1.82, 2.24) is 0 Å². The van der Waals surface area contributed by atoms with Gasteiger partial charge in [0.25, 0.3) is 0 Å². The summed E-state index contributed by atoms with van der Waals surface area (Å²) in [6, 6.07) is 9.66. The van der Waals surface area contributed by atoms with E-state index < -0.39 is 0 Å². The lowest BCUT2D eigenvalue weighted by Crippen LogP contribution is -2.07. The SMILES string of the molecule is COc1cc(C)c(C(=O)c2cccc(C)c2I)cc1C. The number of rotatable bonds is 3. The highest BCUT2D eigenvalue weighted by Gasteiger charge is 2.17. The lowest BCUT2D eigenvalue weighted by Gasteiger charge is -2.12. The van der Waals surface area contributed by atoms with Crippen molar-refractivity contribution in [2.24, 2.45) is 0 Å². The molecule has 0 heterocycles. The fourth-order valence-corrected chi connectivity index (χ4v) is 2.83. The van der Waals surface area contributed by atoms with Gasteiger partial charge in [0.15, 0.2) is 5.78 Å². The molecule has 0 bridgehead atoms.